The molecule has 4 bridgehead atoms. The number of methoxy groups -OCH3 is 1. The quantitative estimate of drug-likeness (QED) is 0.627. The maximum Gasteiger partial charge on any atom is 0.329 e. The molecule has 7 rings (SSSR count). The van der Waals surface area contributed by atoms with E-state index < -0.39 is 18.1 Å². The number of amides is 1. The summed E-state index contributed by atoms with van der Waals surface area (Å²) in [6.45, 7) is -0.0112. The second kappa shape index (κ2) is 8.62. The molecule has 9 heteroatoms. The molecule has 1 amide bonds. The zero-order valence-electron chi connectivity index (χ0n) is 19.9. The standard InChI is InChI=1S/C26H31N3O6/c1-33-20-4-2-3-18(8-20)23-27-22(35-28-23)14-34-24(31)21-9-19(30)13-29(21)25(32)26-10-15-5-16(11-26)7-17(6-15)12-26/h2-4,8,15-17,19,21,30H,5-7,9-14H2,1H3/t15?,16?,17?,19?,21-,26?/m0/s1. The van der Waals surface area contributed by atoms with Crippen molar-refractivity contribution in [1.82, 2.24) is 15.0 Å². The average Bonchev–Trinajstić information content (AvgIpc) is 3.48. The minimum Gasteiger partial charge on any atom is -0.497 e. The van der Waals surface area contributed by atoms with Crippen molar-refractivity contribution in [3.63, 3.8) is 0 Å². The van der Waals surface area contributed by atoms with Gasteiger partial charge in [0.15, 0.2) is 6.61 Å². The first-order valence-corrected chi connectivity index (χ1v) is 12.6. The Kier molecular flexibility index (Phi) is 5.55. The fourth-order valence-electron chi connectivity index (χ4n) is 7.36. The third-order valence-electron chi connectivity index (χ3n) is 8.44. The molecule has 1 N–H and O–H groups in total. The van der Waals surface area contributed by atoms with E-state index >= 15 is 0 Å². The zero-order chi connectivity index (χ0) is 24.2. The molecule has 1 saturated heterocycles. The number of likely N-dealkylation sites (tertiary alicyclic amines) is 1. The Morgan fingerprint density at radius 3 is 2.54 bits per heavy atom. The smallest absolute Gasteiger partial charge is 0.329 e. The summed E-state index contributed by atoms with van der Waals surface area (Å²) >= 11 is 0. The SMILES string of the molecule is COc1cccc(-c2noc(COC(=O)[C@@H]3CC(O)CN3C(=O)C34CC5CC(CC(C5)C3)C4)n2)c1. The molecule has 4 aliphatic carbocycles. The minimum absolute atomic E-state index is 0.0354. The van der Waals surface area contributed by atoms with Gasteiger partial charge in [0.05, 0.1) is 18.6 Å². The van der Waals surface area contributed by atoms with Crippen molar-refractivity contribution in [2.24, 2.45) is 23.2 Å². The summed E-state index contributed by atoms with van der Waals surface area (Å²) in [6, 6.07) is 6.47. The van der Waals surface area contributed by atoms with Crippen molar-refractivity contribution in [1.29, 1.82) is 0 Å². The second-order valence-corrected chi connectivity index (χ2v) is 10.9. The molecule has 35 heavy (non-hydrogen) atoms. The van der Waals surface area contributed by atoms with Crippen LogP contribution in [0.15, 0.2) is 28.8 Å². The number of ether oxygens (including phenoxy) is 2. The van der Waals surface area contributed by atoms with E-state index in [-0.39, 0.29) is 36.8 Å². The van der Waals surface area contributed by atoms with E-state index in [1.54, 1.807) is 18.1 Å². The number of carbonyl (C=O) groups excluding carboxylic acids is 2. The van der Waals surface area contributed by atoms with E-state index in [1.165, 1.54) is 19.3 Å². The van der Waals surface area contributed by atoms with Gasteiger partial charge in [-0.15, -0.1) is 0 Å². The van der Waals surface area contributed by atoms with Crippen LogP contribution >= 0.6 is 0 Å². The first kappa shape index (κ1) is 22.5. The maximum atomic E-state index is 13.8. The Hall–Kier alpha value is -2.94. The molecule has 1 aromatic carbocycles. The highest BCUT2D eigenvalue weighted by atomic mass is 16.6. The van der Waals surface area contributed by atoms with Crippen LogP contribution in [0, 0.1) is 23.2 Å². The fraction of sp³-hybridized carbons (Fsp3) is 0.615. The van der Waals surface area contributed by atoms with E-state index in [2.05, 4.69) is 10.1 Å². The molecular weight excluding hydrogens is 450 g/mol. The lowest BCUT2D eigenvalue weighted by Gasteiger charge is -2.56. The molecule has 5 fully saturated rings. The molecule has 0 spiro atoms. The molecule has 186 valence electrons. The predicted molar refractivity (Wildman–Crippen MR) is 123 cm³/mol. The van der Waals surface area contributed by atoms with Crippen LogP contribution in [0.5, 0.6) is 5.75 Å². The van der Waals surface area contributed by atoms with Crippen LogP contribution in [0.1, 0.15) is 50.8 Å². The van der Waals surface area contributed by atoms with Crippen molar-refractivity contribution in [2.45, 2.75) is 63.7 Å². The van der Waals surface area contributed by atoms with Crippen LogP contribution < -0.4 is 4.74 Å². The van der Waals surface area contributed by atoms with Crippen LogP contribution in [0.25, 0.3) is 11.4 Å². The molecule has 5 aliphatic rings. The zero-order valence-corrected chi connectivity index (χ0v) is 19.9. The molecule has 2 atom stereocenters. The number of aliphatic hydroxyl groups excluding tert-OH is 1. The Morgan fingerprint density at radius 2 is 1.86 bits per heavy atom. The summed E-state index contributed by atoms with van der Waals surface area (Å²) in [5.41, 5.74) is 0.354. The van der Waals surface area contributed by atoms with E-state index in [1.807, 2.05) is 18.2 Å². The number of hydrogen-bond acceptors (Lipinski definition) is 8. The van der Waals surface area contributed by atoms with E-state index in [0.717, 1.165) is 24.8 Å². The van der Waals surface area contributed by atoms with Gasteiger partial charge >= 0.3 is 5.97 Å². The molecular formula is C26H31N3O6. The Labute approximate surface area is 203 Å². The number of aliphatic hydroxyl groups is 1. The van der Waals surface area contributed by atoms with Crippen LogP contribution in [0.4, 0.5) is 0 Å². The highest BCUT2D eigenvalue weighted by Gasteiger charge is 2.57. The highest BCUT2D eigenvalue weighted by molar-refractivity contribution is 5.89. The number of nitrogens with zero attached hydrogens (tertiary/aromatic N) is 3. The van der Waals surface area contributed by atoms with Crippen LogP contribution in [0.3, 0.4) is 0 Å². The third kappa shape index (κ3) is 4.09. The first-order chi connectivity index (χ1) is 16.9. The lowest BCUT2D eigenvalue weighted by atomic mass is 9.49. The summed E-state index contributed by atoms with van der Waals surface area (Å²) in [4.78, 5) is 32.7. The van der Waals surface area contributed by atoms with Gasteiger partial charge in [-0.2, -0.15) is 4.98 Å². The molecule has 2 heterocycles. The van der Waals surface area contributed by atoms with Gasteiger partial charge < -0.3 is 24.0 Å². The molecule has 4 saturated carbocycles. The first-order valence-electron chi connectivity index (χ1n) is 12.6. The predicted octanol–water partition coefficient (Wildman–Crippen LogP) is 2.97. The van der Waals surface area contributed by atoms with Gasteiger partial charge in [-0.1, -0.05) is 17.3 Å². The van der Waals surface area contributed by atoms with Gasteiger partial charge in [0.2, 0.25) is 11.7 Å². The van der Waals surface area contributed by atoms with Crippen molar-refractivity contribution < 1.29 is 28.7 Å². The summed E-state index contributed by atoms with van der Waals surface area (Å²) < 4.78 is 16.0. The molecule has 9 nitrogen and oxygen atoms in total. The van der Waals surface area contributed by atoms with E-state index in [0.29, 0.717) is 29.3 Å². The molecule has 1 aliphatic heterocycles. The summed E-state index contributed by atoms with van der Waals surface area (Å²) in [5.74, 6) is 2.56. The monoisotopic (exact) mass is 481 g/mol. The molecule has 1 unspecified atom stereocenters. The number of rotatable bonds is 6. The number of carbonyl (C=O) groups is 2. The summed E-state index contributed by atoms with van der Waals surface area (Å²) in [6.07, 6.45) is 5.93. The van der Waals surface area contributed by atoms with Crippen molar-refractivity contribution in [2.75, 3.05) is 13.7 Å². The Balaban J connectivity index is 1.12. The van der Waals surface area contributed by atoms with Gasteiger partial charge in [-0.05, 0) is 68.4 Å². The summed E-state index contributed by atoms with van der Waals surface area (Å²) in [5, 5.41) is 14.3. The minimum atomic E-state index is -0.786. The van der Waals surface area contributed by atoms with Gasteiger partial charge in [0.25, 0.3) is 5.89 Å². The van der Waals surface area contributed by atoms with Crippen LogP contribution in [0.2, 0.25) is 0 Å². The van der Waals surface area contributed by atoms with E-state index in [4.69, 9.17) is 14.0 Å². The normalized spacial score (nSPS) is 33.2. The van der Waals surface area contributed by atoms with Crippen molar-refractivity contribution >= 4 is 11.9 Å². The highest BCUT2D eigenvalue weighted by Crippen LogP contribution is 2.60. The second-order valence-electron chi connectivity index (χ2n) is 10.9. The average molecular weight is 482 g/mol. The number of β-amino-alcohol motifs (C(OH)–C–C–N with tert-alkyl or cyclic N) is 1. The Morgan fingerprint density at radius 1 is 1.14 bits per heavy atom. The maximum absolute atomic E-state index is 13.8. The summed E-state index contributed by atoms with van der Waals surface area (Å²) in [7, 11) is 1.58. The number of esters is 1. The van der Waals surface area contributed by atoms with Crippen LogP contribution in [-0.2, 0) is 20.9 Å². The molecule has 0 radical (unpaired) electrons. The largest absolute Gasteiger partial charge is 0.497 e. The van der Waals surface area contributed by atoms with Gasteiger partial charge in [0, 0.05) is 18.5 Å². The molecule has 2 aromatic rings. The number of benzene rings is 1. The molecule has 1 aromatic heterocycles. The fourth-order valence-corrected chi connectivity index (χ4v) is 7.36. The van der Waals surface area contributed by atoms with Gasteiger partial charge in [-0.3, -0.25) is 4.79 Å². The van der Waals surface area contributed by atoms with Gasteiger partial charge in [0.1, 0.15) is 11.8 Å². The van der Waals surface area contributed by atoms with E-state index in [9.17, 15) is 14.7 Å². The number of hydrogen-bond donors (Lipinski definition) is 1. The van der Waals surface area contributed by atoms with Gasteiger partial charge in [-0.25, -0.2) is 4.79 Å². The number of aromatic nitrogens is 2. The van der Waals surface area contributed by atoms with Crippen molar-refractivity contribution in [3.8, 4) is 17.1 Å². The lowest BCUT2D eigenvalue weighted by molar-refractivity contribution is -0.166. The van der Waals surface area contributed by atoms with Crippen LogP contribution in [-0.4, -0.2) is 57.8 Å². The van der Waals surface area contributed by atoms with Crippen molar-refractivity contribution in [3.05, 3.63) is 30.2 Å². The lowest BCUT2D eigenvalue weighted by Crippen LogP contribution is -2.56. The topological polar surface area (TPSA) is 115 Å². The Bertz CT molecular complexity index is 1090. The third-order valence-corrected chi connectivity index (χ3v) is 8.44.